The highest BCUT2D eigenvalue weighted by Gasteiger charge is 2.31. The zero-order valence-electron chi connectivity index (χ0n) is 21.9. The number of non-ortho nitro benzene ring substituents is 1. The molecule has 0 fully saturated rings. The first-order valence-corrected chi connectivity index (χ1v) is 13.9. The molecule has 2 aromatic rings. The monoisotopic (exact) mass is 682 g/mol. The van der Waals surface area contributed by atoms with Gasteiger partial charge in [-0.3, -0.25) is 29.3 Å². The Morgan fingerprint density at radius 1 is 1.07 bits per heavy atom. The molecule has 41 heavy (non-hydrogen) atoms. The van der Waals surface area contributed by atoms with E-state index in [0.29, 0.717) is 24.9 Å². The van der Waals surface area contributed by atoms with E-state index >= 15 is 0 Å². The molecule has 14 nitrogen and oxygen atoms in total. The zero-order chi connectivity index (χ0) is 30.1. The number of primary amides is 1. The lowest BCUT2D eigenvalue weighted by Crippen LogP contribution is -2.57. The predicted octanol–water partition coefficient (Wildman–Crippen LogP) is 0.613. The Morgan fingerprint density at radius 2 is 1.76 bits per heavy atom. The van der Waals surface area contributed by atoms with Gasteiger partial charge in [-0.15, -0.1) is 0 Å². The molecule has 1 aliphatic rings. The van der Waals surface area contributed by atoms with Crippen LogP contribution < -0.4 is 32.2 Å². The summed E-state index contributed by atoms with van der Waals surface area (Å²) in [5.41, 5.74) is 11.2. The van der Waals surface area contributed by atoms with Crippen molar-refractivity contribution in [1.29, 1.82) is 0 Å². The number of ether oxygens (including phenoxy) is 1. The minimum absolute atomic E-state index is 0.00345. The molecule has 4 amide bonds. The van der Waals surface area contributed by atoms with Crippen LogP contribution in [0.25, 0.3) is 0 Å². The Kier molecular flexibility index (Phi) is 11.2. The number of nitro groups is 1. The molecule has 2 aromatic carbocycles. The van der Waals surface area contributed by atoms with Gasteiger partial charge in [0.2, 0.25) is 17.7 Å². The van der Waals surface area contributed by atoms with Crippen molar-refractivity contribution in [3.63, 3.8) is 0 Å². The molecular formula is C26H31IN6O8. The highest BCUT2D eigenvalue weighted by atomic mass is 127. The number of amides is 4. The Bertz CT molecular complexity index is 1310. The van der Waals surface area contributed by atoms with Gasteiger partial charge >= 0.3 is 0 Å². The summed E-state index contributed by atoms with van der Waals surface area (Å²) in [5, 5.41) is 28.9. The quantitative estimate of drug-likeness (QED) is 0.0991. The Labute approximate surface area is 248 Å². The maximum Gasteiger partial charge on any atom is 0.271 e. The number of nitrogens with two attached hydrogens (primary N) is 2. The molecule has 0 saturated carbocycles. The number of nitrogens with one attached hydrogen (secondary N) is 3. The number of carbonyl (C=O) groups is 4. The second-order valence-corrected chi connectivity index (χ2v) is 10.6. The number of carbonyl (C=O) groups excluding carboxylic acids is 4. The summed E-state index contributed by atoms with van der Waals surface area (Å²) in [4.78, 5) is 63.2. The van der Waals surface area contributed by atoms with E-state index in [-0.39, 0.29) is 52.2 Å². The first-order valence-electron chi connectivity index (χ1n) is 12.8. The largest absolute Gasteiger partial charge is 0.508 e. The fourth-order valence-electron chi connectivity index (χ4n) is 4.18. The van der Waals surface area contributed by atoms with Crippen molar-refractivity contribution >= 4 is 51.9 Å². The maximum atomic E-state index is 13.5. The fraction of sp³-hybridized carbons (Fsp3) is 0.385. The first kappa shape index (κ1) is 31.5. The number of unbranched alkanes of at least 4 members (excludes halogenated alkanes) is 1. The standard InChI is InChI=1S/C26H31IN6O8/c27-18-13-15(33(39)40)12-17-22(18)41-10-8-19(23(29)35)30-26(38)21(11-14-4-6-16(34)7-5-14)32-25(37)20(31-24(17)36)3-1-2-9-28/h4-7,12-13,19-21,34H,1-3,8-11,28H2,(H2,29,35)(H,30,38)(H,31,36)(H,32,37)/t19-,20?,21-/m0/s1. The SMILES string of the molecule is NCCCCC1NC(=O)c2cc([N+](=O)[O-])cc(I)c2OCC[C@@H](C(N)=O)NC(=O)[C@H](Cc2ccc(O)cc2)NC1=O. The van der Waals surface area contributed by atoms with Crippen LogP contribution in [0.4, 0.5) is 5.69 Å². The van der Waals surface area contributed by atoms with Gasteiger partial charge in [0.15, 0.2) is 0 Å². The molecule has 220 valence electrons. The number of rotatable bonds is 8. The van der Waals surface area contributed by atoms with Gasteiger partial charge in [0.05, 0.1) is 20.7 Å². The lowest BCUT2D eigenvalue weighted by Gasteiger charge is -2.26. The number of nitro benzene ring substituents is 1. The summed E-state index contributed by atoms with van der Waals surface area (Å²) in [5.74, 6) is -2.99. The van der Waals surface area contributed by atoms with E-state index in [1.165, 1.54) is 18.2 Å². The van der Waals surface area contributed by atoms with E-state index in [4.69, 9.17) is 16.2 Å². The Hall–Kier alpha value is -3.99. The van der Waals surface area contributed by atoms with Crippen LogP contribution in [0.15, 0.2) is 36.4 Å². The van der Waals surface area contributed by atoms with E-state index in [9.17, 15) is 34.4 Å². The number of nitrogens with zero attached hydrogens (tertiary/aromatic N) is 1. The Balaban J connectivity index is 2.03. The van der Waals surface area contributed by atoms with Crippen molar-refractivity contribution in [3.8, 4) is 11.5 Å². The van der Waals surface area contributed by atoms with Gasteiger partial charge in [-0.2, -0.15) is 0 Å². The van der Waals surface area contributed by atoms with Crippen LogP contribution in [0.1, 0.15) is 41.6 Å². The zero-order valence-corrected chi connectivity index (χ0v) is 24.1. The van der Waals surface area contributed by atoms with Gasteiger partial charge in [-0.1, -0.05) is 12.1 Å². The molecule has 0 spiro atoms. The molecule has 1 heterocycles. The molecule has 0 radical (unpaired) electrons. The third-order valence-electron chi connectivity index (χ3n) is 6.37. The van der Waals surface area contributed by atoms with Crippen molar-refractivity contribution in [2.24, 2.45) is 11.5 Å². The van der Waals surface area contributed by atoms with Crippen LogP contribution in [0.5, 0.6) is 11.5 Å². The summed E-state index contributed by atoms with van der Waals surface area (Å²) in [6.45, 7) is 0.181. The van der Waals surface area contributed by atoms with Crippen LogP contribution in [0.2, 0.25) is 0 Å². The van der Waals surface area contributed by atoms with Crippen molar-refractivity contribution in [2.75, 3.05) is 13.2 Å². The number of hydrogen-bond acceptors (Lipinski definition) is 9. The number of phenolic OH excluding ortho intramolecular Hbond substituents is 1. The molecule has 0 saturated heterocycles. The van der Waals surface area contributed by atoms with Crippen LogP contribution in [-0.4, -0.2) is 64.9 Å². The number of aromatic hydroxyl groups is 1. The Morgan fingerprint density at radius 3 is 2.39 bits per heavy atom. The van der Waals surface area contributed by atoms with E-state index in [1.54, 1.807) is 34.7 Å². The van der Waals surface area contributed by atoms with Crippen molar-refractivity contribution in [1.82, 2.24) is 16.0 Å². The van der Waals surface area contributed by atoms with Crippen LogP contribution in [0.3, 0.4) is 0 Å². The maximum absolute atomic E-state index is 13.5. The lowest BCUT2D eigenvalue weighted by atomic mass is 10.0. The number of halogens is 1. The third kappa shape index (κ3) is 8.75. The predicted molar refractivity (Wildman–Crippen MR) is 155 cm³/mol. The molecule has 3 atom stereocenters. The molecule has 1 aliphatic heterocycles. The topological polar surface area (TPSA) is 229 Å². The number of phenols is 1. The van der Waals surface area contributed by atoms with Crippen molar-refractivity contribution < 1.29 is 33.9 Å². The van der Waals surface area contributed by atoms with Gasteiger partial charge in [0.1, 0.15) is 29.6 Å². The third-order valence-corrected chi connectivity index (χ3v) is 7.18. The summed E-state index contributed by atoms with van der Waals surface area (Å²) in [6, 6.07) is 4.78. The van der Waals surface area contributed by atoms with Crippen molar-refractivity contribution in [3.05, 3.63) is 61.2 Å². The summed E-state index contributed by atoms with van der Waals surface area (Å²) >= 11 is 1.79. The van der Waals surface area contributed by atoms with E-state index < -0.39 is 46.7 Å². The van der Waals surface area contributed by atoms with E-state index in [1.807, 2.05) is 0 Å². The van der Waals surface area contributed by atoms with Gasteiger partial charge in [0, 0.05) is 25.0 Å². The molecule has 0 aromatic heterocycles. The highest BCUT2D eigenvalue weighted by molar-refractivity contribution is 14.1. The van der Waals surface area contributed by atoms with Gasteiger partial charge in [-0.05, 0) is 66.1 Å². The summed E-state index contributed by atoms with van der Waals surface area (Å²) in [7, 11) is 0. The van der Waals surface area contributed by atoms with Gasteiger partial charge in [-0.25, -0.2) is 0 Å². The second kappa shape index (κ2) is 14.6. The van der Waals surface area contributed by atoms with E-state index in [2.05, 4.69) is 16.0 Å². The summed E-state index contributed by atoms with van der Waals surface area (Å²) in [6.07, 6.45) is 1.09. The molecule has 15 heteroatoms. The lowest BCUT2D eigenvalue weighted by molar-refractivity contribution is -0.385. The fourth-order valence-corrected chi connectivity index (χ4v) is 4.95. The molecule has 8 N–H and O–H groups in total. The second-order valence-electron chi connectivity index (χ2n) is 9.40. The molecular weight excluding hydrogens is 651 g/mol. The first-order chi connectivity index (χ1) is 19.5. The molecule has 1 unspecified atom stereocenters. The molecule has 0 aliphatic carbocycles. The average Bonchev–Trinajstić information content (AvgIpc) is 2.92. The summed E-state index contributed by atoms with van der Waals surface area (Å²) < 4.78 is 6.04. The number of hydrogen-bond donors (Lipinski definition) is 6. The minimum Gasteiger partial charge on any atom is -0.508 e. The highest BCUT2D eigenvalue weighted by Crippen LogP contribution is 2.31. The van der Waals surface area contributed by atoms with Gasteiger partial charge < -0.3 is 37.3 Å². The van der Waals surface area contributed by atoms with Gasteiger partial charge in [0.25, 0.3) is 11.6 Å². The van der Waals surface area contributed by atoms with Crippen molar-refractivity contribution in [2.45, 2.75) is 50.2 Å². The molecule has 0 bridgehead atoms. The smallest absolute Gasteiger partial charge is 0.271 e. The minimum atomic E-state index is -1.18. The molecule has 3 rings (SSSR count). The number of benzene rings is 2. The van der Waals surface area contributed by atoms with Crippen LogP contribution in [-0.2, 0) is 20.8 Å². The number of fused-ring (bicyclic) bond motifs is 1. The van der Waals surface area contributed by atoms with E-state index in [0.717, 1.165) is 6.07 Å². The van der Waals surface area contributed by atoms with Crippen LogP contribution in [0, 0.1) is 13.7 Å². The normalized spacial score (nSPS) is 20.0. The average molecular weight is 682 g/mol. The van der Waals surface area contributed by atoms with Crippen LogP contribution >= 0.6 is 22.6 Å².